The summed E-state index contributed by atoms with van der Waals surface area (Å²) in [7, 11) is 2.00. The van der Waals surface area contributed by atoms with Gasteiger partial charge in [0, 0.05) is 26.1 Å². The maximum absolute atomic E-state index is 4.88. The summed E-state index contributed by atoms with van der Waals surface area (Å²) in [6.07, 6.45) is 5.11. The Bertz CT molecular complexity index is 611. The summed E-state index contributed by atoms with van der Waals surface area (Å²) in [4.78, 5) is 7.48. The van der Waals surface area contributed by atoms with E-state index in [-0.39, 0.29) is 0 Å². The third kappa shape index (κ3) is 3.50. The number of hydrogen-bond donors (Lipinski definition) is 1. The largest absolute Gasteiger partial charge is 0.327 e. The maximum Gasteiger partial charge on any atom is 0.111 e. The van der Waals surface area contributed by atoms with Crippen molar-refractivity contribution in [1.82, 2.24) is 19.8 Å². The van der Waals surface area contributed by atoms with Gasteiger partial charge in [-0.3, -0.25) is 0 Å². The lowest BCUT2D eigenvalue weighted by atomic mass is 10.1. The molecule has 3 rings (SSSR count). The van der Waals surface area contributed by atoms with E-state index in [9.17, 15) is 0 Å². The van der Waals surface area contributed by atoms with Crippen LogP contribution in [0.1, 0.15) is 30.7 Å². The Morgan fingerprint density at radius 1 is 1.14 bits per heavy atom. The quantitative estimate of drug-likeness (QED) is 0.890. The molecular weight excluding hydrogens is 272 g/mol. The summed E-state index contributed by atoms with van der Waals surface area (Å²) in [5.74, 6) is 1.21. The highest BCUT2D eigenvalue weighted by Gasteiger charge is 2.14. The van der Waals surface area contributed by atoms with Crippen LogP contribution in [0.3, 0.4) is 0 Å². The minimum Gasteiger partial charge on any atom is -0.327 e. The molecule has 1 N–H and O–H groups in total. The highest BCUT2D eigenvalue weighted by molar-refractivity contribution is 5.76. The van der Waals surface area contributed by atoms with Gasteiger partial charge in [0.1, 0.15) is 5.82 Å². The molecule has 2 aromatic rings. The molecule has 0 atom stereocenters. The smallest absolute Gasteiger partial charge is 0.111 e. The Morgan fingerprint density at radius 2 is 1.95 bits per heavy atom. The van der Waals surface area contributed by atoms with E-state index < -0.39 is 0 Å². The fourth-order valence-corrected chi connectivity index (χ4v) is 3.39. The minimum atomic E-state index is 0.978. The van der Waals surface area contributed by atoms with Crippen molar-refractivity contribution >= 4 is 11.0 Å². The number of rotatable bonds is 6. The number of hydrogen-bond acceptors (Lipinski definition) is 3. The molecule has 0 saturated carbocycles. The van der Waals surface area contributed by atoms with Crippen LogP contribution in [0.4, 0.5) is 0 Å². The molecule has 120 valence electrons. The molecule has 0 unspecified atom stereocenters. The normalized spacial score (nSPS) is 16.5. The van der Waals surface area contributed by atoms with Crippen molar-refractivity contribution in [3.05, 3.63) is 29.6 Å². The summed E-state index contributed by atoms with van der Waals surface area (Å²) in [6, 6.07) is 6.63. The number of benzene rings is 1. The molecule has 0 spiro atoms. The monoisotopic (exact) mass is 300 g/mol. The molecule has 0 bridgehead atoms. The van der Waals surface area contributed by atoms with E-state index >= 15 is 0 Å². The van der Waals surface area contributed by atoms with Crippen LogP contribution < -0.4 is 5.32 Å². The highest BCUT2D eigenvalue weighted by atomic mass is 15.2. The average molecular weight is 300 g/mol. The van der Waals surface area contributed by atoms with Crippen LogP contribution in [-0.2, 0) is 13.0 Å². The third-order valence-electron chi connectivity index (χ3n) is 4.67. The van der Waals surface area contributed by atoms with E-state index in [2.05, 4.69) is 39.9 Å². The number of aromatic nitrogens is 2. The lowest BCUT2D eigenvalue weighted by Gasteiger charge is -2.26. The van der Waals surface area contributed by atoms with Crippen LogP contribution in [0.15, 0.2) is 18.2 Å². The summed E-state index contributed by atoms with van der Waals surface area (Å²) >= 11 is 0. The Balaban J connectivity index is 1.80. The van der Waals surface area contributed by atoms with E-state index in [1.165, 1.54) is 49.3 Å². The SMILES string of the molecule is CNCCc1nc2cc(C)ccc2n1CCN1CCCCC1. The zero-order chi connectivity index (χ0) is 15.4. The van der Waals surface area contributed by atoms with Crippen molar-refractivity contribution < 1.29 is 0 Å². The van der Waals surface area contributed by atoms with E-state index in [0.717, 1.165) is 31.6 Å². The van der Waals surface area contributed by atoms with Crippen LogP contribution in [0, 0.1) is 6.92 Å². The predicted octanol–water partition coefficient (Wildman–Crippen LogP) is 2.59. The van der Waals surface area contributed by atoms with E-state index in [0.29, 0.717) is 0 Å². The molecule has 1 aromatic heterocycles. The van der Waals surface area contributed by atoms with Crippen LogP contribution in [0.25, 0.3) is 11.0 Å². The number of nitrogens with zero attached hydrogens (tertiary/aromatic N) is 3. The Hall–Kier alpha value is -1.39. The predicted molar refractivity (Wildman–Crippen MR) is 92.4 cm³/mol. The van der Waals surface area contributed by atoms with Gasteiger partial charge < -0.3 is 14.8 Å². The summed E-state index contributed by atoms with van der Waals surface area (Å²) in [5.41, 5.74) is 3.71. The molecule has 2 heterocycles. The zero-order valence-corrected chi connectivity index (χ0v) is 13.9. The third-order valence-corrected chi connectivity index (χ3v) is 4.67. The van der Waals surface area contributed by atoms with Gasteiger partial charge in [0.25, 0.3) is 0 Å². The molecule has 1 aromatic carbocycles. The van der Waals surface area contributed by atoms with Crippen molar-refractivity contribution in [3.8, 4) is 0 Å². The summed E-state index contributed by atoms with van der Waals surface area (Å²) in [5, 5.41) is 3.24. The molecule has 0 amide bonds. The van der Waals surface area contributed by atoms with Gasteiger partial charge in [-0.15, -0.1) is 0 Å². The lowest BCUT2D eigenvalue weighted by molar-refractivity contribution is 0.221. The summed E-state index contributed by atoms with van der Waals surface area (Å²) in [6.45, 7) is 7.84. The van der Waals surface area contributed by atoms with Gasteiger partial charge in [-0.05, 0) is 57.6 Å². The Morgan fingerprint density at radius 3 is 2.73 bits per heavy atom. The van der Waals surface area contributed by atoms with E-state index in [1.807, 2.05) is 7.05 Å². The number of aryl methyl sites for hydroxylation is 1. The van der Waals surface area contributed by atoms with Gasteiger partial charge in [0.2, 0.25) is 0 Å². The number of nitrogens with one attached hydrogen (secondary N) is 1. The first-order valence-corrected chi connectivity index (χ1v) is 8.60. The number of likely N-dealkylation sites (N-methyl/N-ethyl adjacent to an activating group) is 1. The number of fused-ring (bicyclic) bond motifs is 1. The Labute approximate surface area is 133 Å². The molecule has 1 saturated heterocycles. The fraction of sp³-hybridized carbons (Fsp3) is 0.611. The first-order valence-electron chi connectivity index (χ1n) is 8.60. The highest BCUT2D eigenvalue weighted by Crippen LogP contribution is 2.19. The lowest BCUT2D eigenvalue weighted by Crippen LogP contribution is -2.33. The molecule has 1 aliphatic heterocycles. The fourth-order valence-electron chi connectivity index (χ4n) is 3.39. The van der Waals surface area contributed by atoms with Crippen LogP contribution in [0.5, 0.6) is 0 Å². The van der Waals surface area contributed by atoms with Crippen LogP contribution in [0.2, 0.25) is 0 Å². The van der Waals surface area contributed by atoms with Crippen molar-refractivity contribution in [2.45, 2.75) is 39.2 Å². The molecular formula is C18H28N4. The zero-order valence-electron chi connectivity index (χ0n) is 13.9. The average Bonchev–Trinajstić information content (AvgIpc) is 2.88. The van der Waals surface area contributed by atoms with Gasteiger partial charge in [-0.2, -0.15) is 0 Å². The van der Waals surface area contributed by atoms with Crippen molar-refractivity contribution in [2.24, 2.45) is 0 Å². The van der Waals surface area contributed by atoms with E-state index in [1.54, 1.807) is 0 Å². The van der Waals surface area contributed by atoms with Gasteiger partial charge >= 0.3 is 0 Å². The molecule has 4 nitrogen and oxygen atoms in total. The second-order valence-electron chi connectivity index (χ2n) is 6.43. The molecule has 1 fully saturated rings. The molecule has 22 heavy (non-hydrogen) atoms. The van der Waals surface area contributed by atoms with Gasteiger partial charge in [-0.1, -0.05) is 12.5 Å². The van der Waals surface area contributed by atoms with Crippen molar-refractivity contribution in [1.29, 1.82) is 0 Å². The van der Waals surface area contributed by atoms with Crippen LogP contribution in [-0.4, -0.2) is 47.7 Å². The first kappa shape index (κ1) is 15.5. The van der Waals surface area contributed by atoms with Crippen molar-refractivity contribution in [2.75, 3.05) is 33.2 Å². The topological polar surface area (TPSA) is 33.1 Å². The first-order chi connectivity index (χ1) is 10.8. The number of likely N-dealkylation sites (tertiary alicyclic amines) is 1. The number of imidazole rings is 1. The van der Waals surface area contributed by atoms with Gasteiger partial charge in [-0.25, -0.2) is 4.98 Å². The van der Waals surface area contributed by atoms with Gasteiger partial charge in [0.15, 0.2) is 0 Å². The van der Waals surface area contributed by atoms with E-state index in [4.69, 9.17) is 4.98 Å². The molecule has 0 radical (unpaired) electrons. The standard InChI is InChI=1S/C18H28N4/c1-15-6-7-17-16(14-15)20-18(8-9-19-2)22(17)13-12-21-10-4-3-5-11-21/h6-7,14,19H,3-5,8-13H2,1-2H3. The molecule has 4 heteroatoms. The maximum atomic E-state index is 4.88. The second kappa shape index (κ2) is 7.25. The molecule has 1 aliphatic rings. The number of piperidine rings is 1. The second-order valence-corrected chi connectivity index (χ2v) is 6.43. The Kier molecular flexibility index (Phi) is 5.11. The molecule has 0 aliphatic carbocycles. The minimum absolute atomic E-state index is 0.978. The van der Waals surface area contributed by atoms with Crippen molar-refractivity contribution in [3.63, 3.8) is 0 Å². The van der Waals surface area contributed by atoms with Gasteiger partial charge in [0.05, 0.1) is 11.0 Å². The summed E-state index contributed by atoms with van der Waals surface area (Å²) < 4.78 is 2.43. The van der Waals surface area contributed by atoms with Crippen LogP contribution >= 0.6 is 0 Å².